The van der Waals surface area contributed by atoms with Gasteiger partial charge in [-0.2, -0.15) is 0 Å². The standard InChI is InChI=1S/C35H35NO5/c1-3-30(34(37)38)31-21-29(19-20-33(31)41-25-28-17-11-6-12-18-28)22-32(35(39)40-2)36(23-26-13-7-4-8-14-26)24-27-15-9-5-10-16-27/h3-21,32H,22-25H2,1-2H3,(H,37,38)/b30-3-/t32-/m0/s1. The Balaban J connectivity index is 1.68. The first kappa shape index (κ1) is 29.3. The first-order chi connectivity index (χ1) is 20.0. The molecule has 6 heteroatoms. The molecule has 0 radical (unpaired) electrons. The molecule has 4 aromatic rings. The molecular formula is C35H35NO5. The number of esters is 1. The maximum atomic E-state index is 13.3. The Kier molecular flexibility index (Phi) is 10.5. The molecule has 0 amide bonds. The average molecular weight is 550 g/mol. The number of carbonyl (C=O) groups excluding carboxylic acids is 1. The first-order valence-electron chi connectivity index (χ1n) is 13.6. The number of rotatable bonds is 13. The second-order valence-electron chi connectivity index (χ2n) is 9.73. The minimum atomic E-state index is -1.05. The number of carboxylic acid groups (broad SMARTS) is 1. The number of allylic oxidation sites excluding steroid dienone is 1. The molecule has 0 bridgehead atoms. The van der Waals surface area contributed by atoms with Crippen LogP contribution in [0.4, 0.5) is 0 Å². The number of benzene rings is 4. The van der Waals surface area contributed by atoms with Crippen molar-refractivity contribution in [3.8, 4) is 5.75 Å². The lowest BCUT2D eigenvalue weighted by Crippen LogP contribution is -2.42. The minimum absolute atomic E-state index is 0.134. The van der Waals surface area contributed by atoms with Crippen LogP contribution in [0, 0.1) is 0 Å². The third kappa shape index (κ3) is 8.16. The zero-order chi connectivity index (χ0) is 29.0. The highest BCUT2D eigenvalue weighted by molar-refractivity contribution is 6.16. The van der Waals surface area contributed by atoms with Gasteiger partial charge in [-0.3, -0.25) is 9.69 Å². The van der Waals surface area contributed by atoms with E-state index in [9.17, 15) is 14.7 Å². The number of carboxylic acids is 1. The number of hydrogen-bond donors (Lipinski definition) is 1. The van der Waals surface area contributed by atoms with Crippen molar-refractivity contribution in [2.45, 2.75) is 39.1 Å². The van der Waals surface area contributed by atoms with E-state index in [0.29, 0.717) is 37.4 Å². The van der Waals surface area contributed by atoms with Crippen molar-refractivity contribution in [1.82, 2.24) is 4.90 Å². The van der Waals surface area contributed by atoms with Crippen molar-refractivity contribution in [1.29, 1.82) is 0 Å². The molecule has 0 aliphatic carbocycles. The number of hydrogen-bond acceptors (Lipinski definition) is 5. The van der Waals surface area contributed by atoms with E-state index < -0.39 is 12.0 Å². The number of methoxy groups -OCH3 is 1. The largest absolute Gasteiger partial charge is 0.488 e. The SMILES string of the molecule is C/C=C(\C(=O)O)c1cc(C[C@@H](C(=O)OC)N(Cc2ccccc2)Cc2ccccc2)ccc1OCc1ccccc1. The Labute approximate surface area is 241 Å². The lowest BCUT2D eigenvalue weighted by Gasteiger charge is -2.30. The highest BCUT2D eigenvalue weighted by Crippen LogP contribution is 2.30. The van der Waals surface area contributed by atoms with Gasteiger partial charge in [0.1, 0.15) is 18.4 Å². The number of ether oxygens (including phenoxy) is 2. The molecule has 4 aromatic carbocycles. The van der Waals surface area contributed by atoms with E-state index in [2.05, 4.69) is 4.90 Å². The fourth-order valence-electron chi connectivity index (χ4n) is 4.80. The van der Waals surface area contributed by atoms with E-state index in [1.807, 2.05) is 103 Å². The van der Waals surface area contributed by atoms with Gasteiger partial charge in [0.25, 0.3) is 0 Å². The third-order valence-electron chi connectivity index (χ3n) is 6.89. The predicted molar refractivity (Wildman–Crippen MR) is 160 cm³/mol. The second-order valence-corrected chi connectivity index (χ2v) is 9.73. The Hall–Kier alpha value is -4.68. The van der Waals surface area contributed by atoms with E-state index in [4.69, 9.17) is 9.47 Å². The van der Waals surface area contributed by atoms with E-state index >= 15 is 0 Å². The number of carbonyl (C=O) groups is 2. The fraction of sp³-hybridized carbons (Fsp3) is 0.200. The molecule has 0 aliphatic rings. The summed E-state index contributed by atoms with van der Waals surface area (Å²) in [4.78, 5) is 27.5. The highest BCUT2D eigenvalue weighted by atomic mass is 16.5. The van der Waals surface area contributed by atoms with Gasteiger partial charge in [0.15, 0.2) is 0 Å². The molecule has 0 fully saturated rings. The van der Waals surface area contributed by atoms with E-state index in [1.54, 1.807) is 19.1 Å². The molecule has 6 nitrogen and oxygen atoms in total. The van der Waals surface area contributed by atoms with Gasteiger partial charge < -0.3 is 14.6 Å². The Morgan fingerprint density at radius 1 is 0.780 bits per heavy atom. The minimum Gasteiger partial charge on any atom is -0.488 e. The summed E-state index contributed by atoms with van der Waals surface area (Å²) in [6.45, 7) is 3.07. The normalized spacial score (nSPS) is 12.1. The van der Waals surface area contributed by atoms with Crippen molar-refractivity contribution in [2.24, 2.45) is 0 Å². The predicted octanol–water partition coefficient (Wildman–Crippen LogP) is 6.54. The lowest BCUT2D eigenvalue weighted by molar-refractivity contribution is -0.147. The quantitative estimate of drug-likeness (QED) is 0.151. The molecule has 210 valence electrons. The van der Waals surface area contributed by atoms with Crippen LogP contribution < -0.4 is 4.74 Å². The zero-order valence-electron chi connectivity index (χ0n) is 23.4. The molecule has 41 heavy (non-hydrogen) atoms. The lowest BCUT2D eigenvalue weighted by atomic mass is 9.97. The molecule has 0 heterocycles. The zero-order valence-corrected chi connectivity index (χ0v) is 23.4. The summed E-state index contributed by atoms with van der Waals surface area (Å²) in [7, 11) is 1.40. The number of nitrogens with zero attached hydrogens (tertiary/aromatic N) is 1. The van der Waals surface area contributed by atoms with E-state index in [0.717, 1.165) is 22.3 Å². The van der Waals surface area contributed by atoms with Crippen molar-refractivity contribution in [3.63, 3.8) is 0 Å². The molecule has 0 spiro atoms. The van der Waals surface area contributed by atoms with Gasteiger partial charge in [-0.15, -0.1) is 0 Å². The van der Waals surface area contributed by atoms with Crippen molar-refractivity contribution < 1.29 is 24.2 Å². The van der Waals surface area contributed by atoms with Crippen molar-refractivity contribution in [3.05, 3.63) is 143 Å². The van der Waals surface area contributed by atoms with Crippen LogP contribution in [0.15, 0.2) is 115 Å². The van der Waals surface area contributed by atoms with Crippen LogP contribution in [0.1, 0.15) is 34.7 Å². The molecule has 1 atom stereocenters. The van der Waals surface area contributed by atoms with Crippen LogP contribution in [0.5, 0.6) is 5.75 Å². The molecule has 0 aromatic heterocycles. The smallest absolute Gasteiger partial charge is 0.336 e. The van der Waals surface area contributed by atoms with Crippen molar-refractivity contribution in [2.75, 3.05) is 7.11 Å². The fourth-order valence-corrected chi connectivity index (χ4v) is 4.80. The molecular weight excluding hydrogens is 514 g/mol. The summed E-state index contributed by atoms with van der Waals surface area (Å²) in [6, 6.07) is 34.6. The second kappa shape index (κ2) is 14.6. The highest BCUT2D eigenvalue weighted by Gasteiger charge is 2.28. The summed E-state index contributed by atoms with van der Waals surface area (Å²) in [5, 5.41) is 9.95. The van der Waals surface area contributed by atoms with Crippen LogP contribution in [0.3, 0.4) is 0 Å². The molecule has 0 unspecified atom stereocenters. The Bertz CT molecular complexity index is 1410. The topological polar surface area (TPSA) is 76.1 Å². The molecule has 0 aliphatic heterocycles. The van der Waals surface area contributed by atoms with Crippen molar-refractivity contribution >= 4 is 17.5 Å². The summed E-state index contributed by atoms with van der Waals surface area (Å²) in [6.07, 6.45) is 1.89. The van der Waals surface area contributed by atoms with E-state index in [1.165, 1.54) is 7.11 Å². The van der Waals surface area contributed by atoms with Gasteiger partial charge in [0, 0.05) is 18.7 Å². The summed E-state index contributed by atoms with van der Waals surface area (Å²) < 4.78 is 11.4. The van der Waals surface area contributed by atoms with Crippen LogP contribution in [0.2, 0.25) is 0 Å². The van der Waals surface area contributed by atoms with Crippen LogP contribution in [0.25, 0.3) is 5.57 Å². The summed E-state index contributed by atoms with van der Waals surface area (Å²) >= 11 is 0. The summed E-state index contributed by atoms with van der Waals surface area (Å²) in [5.41, 5.74) is 4.52. The third-order valence-corrected chi connectivity index (χ3v) is 6.89. The summed E-state index contributed by atoms with van der Waals surface area (Å²) in [5.74, 6) is -0.936. The maximum absolute atomic E-state index is 13.3. The monoisotopic (exact) mass is 549 g/mol. The molecule has 1 N–H and O–H groups in total. The first-order valence-corrected chi connectivity index (χ1v) is 13.6. The van der Waals surface area contributed by atoms with Gasteiger partial charge in [-0.05, 0) is 47.7 Å². The molecule has 4 rings (SSSR count). The Morgan fingerprint density at radius 3 is 1.80 bits per heavy atom. The van der Waals surface area contributed by atoms with Gasteiger partial charge in [-0.25, -0.2) is 4.79 Å². The van der Waals surface area contributed by atoms with Crippen LogP contribution in [-0.2, 0) is 40.4 Å². The Morgan fingerprint density at radius 2 is 1.32 bits per heavy atom. The van der Waals surface area contributed by atoms with E-state index in [-0.39, 0.29) is 11.5 Å². The average Bonchev–Trinajstić information content (AvgIpc) is 3.00. The van der Waals surface area contributed by atoms with Crippen LogP contribution >= 0.6 is 0 Å². The van der Waals surface area contributed by atoms with Crippen LogP contribution in [-0.4, -0.2) is 35.1 Å². The molecule has 0 saturated heterocycles. The number of aliphatic carboxylic acids is 1. The maximum Gasteiger partial charge on any atom is 0.336 e. The van der Waals surface area contributed by atoms with Gasteiger partial charge >= 0.3 is 11.9 Å². The van der Waals surface area contributed by atoms with Gasteiger partial charge in [0.2, 0.25) is 0 Å². The van der Waals surface area contributed by atoms with Gasteiger partial charge in [0.05, 0.1) is 12.7 Å². The van der Waals surface area contributed by atoms with Gasteiger partial charge in [-0.1, -0.05) is 103 Å². The molecule has 0 saturated carbocycles.